The van der Waals surface area contributed by atoms with Crippen molar-refractivity contribution in [2.24, 2.45) is 10.1 Å². The zero-order chi connectivity index (χ0) is 25.5. The highest BCUT2D eigenvalue weighted by Crippen LogP contribution is 2.31. The molecule has 3 aliphatic heterocycles. The lowest BCUT2D eigenvalue weighted by Crippen LogP contribution is -2.35. The molecule has 3 aliphatic rings. The van der Waals surface area contributed by atoms with E-state index in [1.54, 1.807) is 24.3 Å². The van der Waals surface area contributed by atoms with Crippen molar-refractivity contribution in [1.82, 2.24) is 14.5 Å². The zero-order valence-electron chi connectivity index (χ0n) is 19.9. The third-order valence-electron chi connectivity index (χ3n) is 6.68. The number of aromatic nitrogens is 1. The highest BCUT2D eigenvalue weighted by atomic mass is 32.2. The van der Waals surface area contributed by atoms with Gasteiger partial charge in [0.15, 0.2) is 5.84 Å². The summed E-state index contributed by atoms with van der Waals surface area (Å²) in [6.07, 6.45) is 5.64. The zero-order valence-corrected chi connectivity index (χ0v) is 20.7. The second-order valence-corrected chi connectivity index (χ2v) is 10.1. The number of carbonyl (C=O) groups is 2. The molecule has 8 nitrogen and oxygen atoms in total. The molecular weight excluding hydrogens is 491 g/mol. The number of carbonyl (C=O) groups excluding carboxylic acids is 2. The van der Waals surface area contributed by atoms with Gasteiger partial charge in [-0.05, 0) is 42.8 Å². The Kier molecular flexibility index (Phi) is 5.96. The van der Waals surface area contributed by atoms with Crippen LogP contribution in [0.1, 0.15) is 30.4 Å². The Hall–Kier alpha value is -4.05. The number of likely N-dealkylation sites (tertiary alicyclic amines) is 1. The van der Waals surface area contributed by atoms with Crippen LogP contribution in [0.25, 0.3) is 17.0 Å². The van der Waals surface area contributed by atoms with Gasteiger partial charge in [0.05, 0.1) is 18.5 Å². The number of fused-ring (bicyclic) bond motifs is 2. The number of para-hydroxylation sites is 1. The number of rotatable bonds is 5. The third-order valence-corrected chi connectivity index (χ3v) is 7.58. The Labute approximate surface area is 216 Å². The molecule has 0 unspecified atom stereocenters. The van der Waals surface area contributed by atoms with Crippen LogP contribution in [0.3, 0.4) is 0 Å². The van der Waals surface area contributed by atoms with Gasteiger partial charge in [-0.1, -0.05) is 36.4 Å². The van der Waals surface area contributed by atoms with E-state index in [0.29, 0.717) is 22.3 Å². The van der Waals surface area contributed by atoms with Gasteiger partial charge in [0.25, 0.3) is 5.91 Å². The van der Waals surface area contributed by atoms with E-state index in [4.69, 9.17) is 5.41 Å². The summed E-state index contributed by atoms with van der Waals surface area (Å²) in [4.78, 5) is 31.5. The van der Waals surface area contributed by atoms with E-state index in [2.05, 4.69) is 10.1 Å². The van der Waals surface area contributed by atoms with Crippen molar-refractivity contribution in [3.8, 4) is 0 Å². The van der Waals surface area contributed by atoms with Crippen molar-refractivity contribution in [3.05, 3.63) is 77.2 Å². The molecule has 1 N–H and O–H groups in total. The van der Waals surface area contributed by atoms with Crippen molar-refractivity contribution in [1.29, 1.82) is 5.41 Å². The fourth-order valence-electron chi connectivity index (χ4n) is 4.80. The van der Waals surface area contributed by atoms with Crippen LogP contribution in [0.5, 0.6) is 0 Å². The van der Waals surface area contributed by atoms with Crippen molar-refractivity contribution in [2.75, 3.05) is 13.1 Å². The molecule has 3 aromatic rings. The molecule has 37 heavy (non-hydrogen) atoms. The first kappa shape index (κ1) is 23.4. The van der Waals surface area contributed by atoms with Crippen LogP contribution in [0, 0.1) is 11.2 Å². The molecule has 0 radical (unpaired) electrons. The minimum Gasteiger partial charge on any atom is -0.342 e. The van der Waals surface area contributed by atoms with Gasteiger partial charge in [-0.3, -0.25) is 15.0 Å². The summed E-state index contributed by atoms with van der Waals surface area (Å²) in [5.74, 6) is -0.899. The van der Waals surface area contributed by atoms with Gasteiger partial charge in [0.2, 0.25) is 11.1 Å². The SMILES string of the molecule is N=C1C(=Cc2cn(Cc3ccccc3F)c3ccccc23)C(=O)N=C2SC(CC(=O)N3CCCC3)=NN12. The first-order valence-electron chi connectivity index (χ1n) is 12.1. The summed E-state index contributed by atoms with van der Waals surface area (Å²) in [7, 11) is 0. The molecular formula is C27H23FN6O2S. The number of hydrazone groups is 1. The average Bonchev–Trinajstić information content (AvgIpc) is 3.63. The van der Waals surface area contributed by atoms with E-state index in [1.165, 1.54) is 11.1 Å². The summed E-state index contributed by atoms with van der Waals surface area (Å²) in [6.45, 7) is 1.84. The maximum absolute atomic E-state index is 14.3. The normalized spacial score (nSPS) is 18.6. The summed E-state index contributed by atoms with van der Waals surface area (Å²) in [5.41, 5.74) is 2.26. The van der Waals surface area contributed by atoms with Gasteiger partial charge in [-0.2, -0.15) is 15.1 Å². The van der Waals surface area contributed by atoms with E-state index >= 15 is 0 Å². The van der Waals surface area contributed by atoms with Crippen LogP contribution in [0.15, 0.2) is 70.4 Å². The maximum atomic E-state index is 14.3. The third kappa shape index (κ3) is 4.37. The number of thioether (sulfide) groups is 1. The molecule has 6 rings (SSSR count). The Bertz CT molecular complexity index is 1550. The molecule has 186 valence electrons. The predicted octanol–water partition coefficient (Wildman–Crippen LogP) is 4.46. The van der Waals surface area contributed by atoms with Crippen molar-refractivity contribution < 1.29 is 14.0 Å². The number of hydrogen-bond donors (Lipinski definition) is 1. The summed E-state index contributed by atoms with van der Waals surface area (Å²) in [6, 6.07) is 14.3. The minimum atomic E-state index is -0.531. The molecule has 0 spiro atoms. The van der Waals surface area contributed by atoms with E-state index in [0.717, 1.165) is 54.2 Å². The van der Waals surface area contributed by atoms with Gasteiger partial charge in [-0.15, -0.1) is 0 Å². The molecule has 10 heteroatoms. The standard InChI is InChI=1S/C27H23FN6O2S/c28-21-9-3-1-7-17(21)15-33-16-18(19-8-2-4-10-22(19)33)13-20-25(29)34-27(30-26(20)36)37-23(31-34)14-24(35)32-11-5-6-12-32/h1-4,7-10,13,16,29H,5-6,11-12,14-15H2. The second kappa shape index (κ2) is 9.44. The summed E-state index contributed by atoms with van der Waals surface area (Å²) < 4.78 is 16.3. The predicted molar refractivity (Wildman–Crippen MR) is 143 cm³/mol. The lowest BCUT2D eigenvalue weighted by molar-refractivity contribution is -0.128. The van der Waals surface area contributed by atoms with Gasteiger partial charge < -0.3 is 9.47 Å². The first-order valence-corrected chi connectivity index (χ1v) is 12.9. The number of aliphatic imine (C=N–C) groups is 1. The van der Waals surface area contributed by atoms with Crippen molar-refractivity contribution in [2.45, 2.75) is 25.8 Å². The summed E-state index contributed by atoms with van der Waals surface area (Å²) >= 11 is 1.16. The fourth-order valence-corrected chi connectivity index (χ4v) is 5.67. The second-order valence-electron chi connectivity index (χ2n) is 9.10. The average molecular weight is 515 g/mol. The lowest BCUT2D eigenvalue weighted by Gasteiger charge is -2.20. The molecule has 0 atom stereocenters. The largest absolute Gasteiger partial charge is 0.342 e. The van der Waals surface area contributed by atoms with Gasteiger partial charge in [-0.25, -0.2) is 4.39 Å². The molecule has 2 amide bonds. The quantitative estimate of drug-likeness (QED) is 0.509. The van der Waals surface area contributed by atoms with Gasteiger partial charge in [0, 0.05) is 41.3 Å². The number of hydrogen-bond acceptors (Lipinski definition) is 5. The molecule has 1 aromatic heterocycles. The number of benzene rings is 2. The highest BCUT2D eigenvalue weighted by Gasteiger charge is 2.36. The van der Waals surface area contributed by atoms with Crippen LogP contribution < -0.4 is 0 Å². The van der Waals surface area contributed by atoms with E-state index < -0.39 is 5.91 Å². The molecule has 1 fully saturated rings. The molecule has 0 bridgehead atoms. The molecule has 1 saturated heterocycles. The Morgan fingerprint density at radius 2 is 1.86 bits per heavy atom. The number of amidine groups is 2. The van der Waals surface area contributed by atoms with Crippen molar-refractivity contribution >= 4 is 56.6 Å². The number of nitrogens with one attached hydrogen (secondary N) is 1. The number of amides is 2. The monoisotopic (exact) mass is 514 g/mol. The number of halogens is 1. The minimum absolute atomic E-state index is 0.000446. The van der Waals surface area contributed by atoms with Crippen LogP contribution in [0.4, 0.5) is 4.39 Å². The Morgan fingerprint density at radius 1 is 1.11 bits per heavy atom. The van der Waals surface area contributed by atoms with E-state index in [1.807, 2.05) is 39.9 Å². The van der Waals surface area contributed by atoms with Crippen LogP contribution in [-0.4, -0.2) is 55.4 Å². The number of nitrogens with zero attached hydrogens (tertiary/aromatic N) is 5. The van der Waals surface area contributed by atoms with Crippen LogP contribution >= 0.6 is 11.8 Å². The molecule has 0 saturated carbocycles. The van der Waals surface area contributed by atoms with Gasteiger partial charge >= 0.3 is 0 Å². The van der Waals surface area contributed by atoms with E-state index in [-0.39, 0.29) is 29.6 Å². The topological polar surface area (TPSA) is 94.1 Å². The lowest BCUT2D eigenvalue weighted by atomic mass is 10.1. The van der Waals surface area contributed by atoms with Crippen LogP contribution in [0.2, 0.25) is 0 Å². The summed E-state index contributed by atoms with van der Waals surface area (Å²) in [5, 5.41) is 16.1. The molecule has 2 aromatic carbocycles. The fraction of sp³-hybridized carbons (Fsp3) is 0.222. The van der Waals surface area contributed by atoms with Crippen LogP contribution in [-0.2, 0) is 16.1 Å². The highest BCUT2D eigenvalue weighted by molar-refractivity contribution is 8.27. The van der Waals surface area contributed by atoms with Gasteiger partial charge in [0.1, 0.15) is 10.9 Å². The van der Waals surface area contributed by atoms with E-state index in [9.17, 15) is 14.0 Å². The Balaban J connectivity index is 1.30. The smallest absolute Gasteiger partial charge is 0.283 e. The molecule has 4 heterocycles. The molecule has 0 aliphatic carbocycles. The Morgan fingerprint density at radius 3 is 2.68 bits per heavy atom. The maximum Gasteiger partial charge on any atom is 0.283 e. The van der Waals surface area contributed by atoms with Crippen molar-refractivity contribution in [3.63, 3.8) is 0 Å². The first-order chi connectivity index (χ1) is 18.0.